The van der Waals surface area contributed by atoms with Crippen LogP contribution in [0.4, 0.5) is 0 Å². The van der Waals surface area contributed by atoms with Gasteiger partial charge in [0.1, 0.15) is 5.75 Å². The zero-order chi connectivity index (χ0) is 14.5. The number of thiol groups is 1. The predicted octanol–water partition coefficient (Wildman–Crippen LogP) is -1.94. The van der Waals surface area contributed by atoms with E-state index in [2.05, 4.69) is 19.8 Å². The molecule has 0 aromatic heterocycles. The number of phenols is 1. The first kappa shape index (κ1) is 18.1. The first-order valence-corrected chi connectivity index (χ1v) is 7.16. The van der Waals surface area contributed by atoms with Gasteiger partial charge in [0.05, 0.1) is 14.3 Å². The van der Waals surface area contributed by atoms with Crippen LogP contribution >= 0.6 is 12.6 Å². The molecular formula is C8H10B10OS. The summed E-state index contributed by atoms with van der Waals surface area (Å²) in [4.78, 5) is 0. The van der Waals surface area contributed by atoms with Gasteiger partial charge in [0.15, 0.2) is 0 Å². The molecule has 84 valence electrons. The van der Waals surface area contributed by atoms with E-state index in [1.807, 2.05) is 75.8 Å². The van der Waals surface area contributed by atoms with Crippen molar-refractivity contribution in [3.63, 3.8) is 0 Å². The van der Waals surface area contributed by atoms with E-state index in [4.69, 9.17) is 5.11 Å². The number of aromatic hydroxyl groups is 1. The lowest BCUT2D eigenvalue weighted by Crippen LogP contribution is -2.33. The molecule has 1 aromatic rings. The molecule has 0 atom stereocenters. The summed E-state index contributed by atoms with van der Waals surface area (Å²) < 4.78 is 0. The molecule has 10 radical (unpaired) electrons. The molecule has 1 N–H and O–H groups in total. The maximum absolute atomic E-state index is 9.17. The van der Waals surface area contributed by atoms with Gasteiger partial charge in [-0.3, -0.25) is 0 Å². The summed E-state index contributed by atoms with van der Waals surface area (Å²) in [7, 11) is 19.9. The molecule has 0 saturated carbocycles. The maximum Gasteiger partial charge on any atom is 0.115 e. The number of benzene rings is 1. The summed E-state index contributed by atoms with van der Waals surface area (Å²) >= 11 is 4.07. The highest BCUT2D eigenvalue weighted by molar-refractivity contribution is 7.83. The molecule has 0 unspecified atom stereocenters. The second-order valence-electron chi connectivity index (χ2n) is 4.06. The van der Waals surface area contributed by atoms with Crippen LogP contribution in [0.25, 0.3) is 0 Å². The third-order valence-corrected chi connectivity index (χ3v) is 2.66. The Morgan fingerprint density at radius 1 is 0.750 bits per heavy atom. The van der Waals surface area contributed by atoms with E-state index in [1.165, 1.54) is 5.56 Å². The van der Waals surface area contributed by atoms with Crippen LogP contribution in [0.2, 0.25) is 0 Å². The van der Waals surface area contributed by atoms with E-state index < -0.39 is 0 Å². The molecule has 0 saturated heterocycles. The molecule has 12 heteroatoms. The van der Waals surface area contributed by atoms with Gasteiger partial charge in [0, 0.05) is 56.5 Å². The van der Waals surface area contributed by atoms with Crippen molar-refractivity contribution in [2.45, 2.75) is 6.32 Å². The molecule has 0 heterocycles. The molecule has 1 aromatic carbocycles. The summed E-state index contributed by atoms with van der Waals surface area (Å²) in [6, 6.07) is 7.26. The van der Waals surface area contributed by atoms with Crippen LogP contribution in [-0.2, 0) is 6.32 Å². The van der Waals surface area contributed by atoms with Crippen LogP contribution in [0, 0.1) is 0 Å². The highest BCUT2D eigenvalue weighted by Crippen LogP contribution is 2.09. The fourth-order valence-electron chi connectivity index (χ4n) is 1.44. The Balaban J connectivity index is 1.84. The number of rotatable bonds is 12. The van der Waals surface area contributed by atoms with E-state index in [1.54, 1.807) is 12.1 Å². The molecule has 0 amide bonds. The molecule has 0 bridgehead atoms. The summed E-state index contributed by atoms with van der Waals surface area (Å²) in [6.45, 7) is 0. The molecule has 1 nitrogen and oxygen atoms in total. The van der Waals surface area contributed by atoms with Crippen LogP contribution in [0.5, 0.6) is 5.75 Å². The largest absolute Gasteiger partial charge is 0.508 e. The van der Waals surface area contributed by atoms with Gasteiger partial charge >= 0.3 is 0 Å². The SMILES string of the molecule is Oc1ccc(C[B][B][B][B][B][B][B][B][B][B]CS)cc1. The van der Waals surface area contributed by atoms with E-state index >= 15 is 0 Å². The van der Waals surface area contributed by atoms with Gasteiger partial charge in [0.25, 0.3) is 0 Å². The Labute approximate surface area is 136 Å². The van der Waals surface area contributed by atoms with Gasteiger partial charge < -0.3 is 5.11 Å². The minimum Gasteiger partial charge on any atom is -0.508 e. The molecule has 0 aliphatic heterocycles. The molecule has 0 fully saturated rings. The lowest BCUT2D eigenvalue weighted by Gasteiger charge is -2.00. The Kier molecular flexibility index (Phi) is 11.5. The average Bonchev–Trinajstić information content (AvgIpc) is 2.47. The summed E-state index contributed by atoms with van der Waals surface area (Å²) in [6.07, 6.45) is 0.864. The Hall–Kier alpha value is 0.0194. The van der Waals surface area contributed by atoms with Gasteiger partial charge in [-0.2, -0.15) is 12.6 Å². The van der Waals surface area contributed by atoms with Crippen LogP contribution in [0.3, 0.4) is 0 Å². The van der Waals surface area contributed by atoms with Crippen molar-refractivity contribution < 1.29 is 5.11 Å². The fraction of sp³-hybridized carbons (Fsp3) is 0.250. The van der Waals surface area contributed by atoms with Crippen molar-refractivity contribution >= 4 is 83.5 Å². The molecule has 20 heavy (non-hydrogen) atoms. The topological polar surface area (TPSA) is 20.2 Å². The number of hydrogen-bond donors (Lipinski definition) is 2. The van der Waals surface area contributed by atoms with E-state index in [0.29, 0.717) is 5.75 Å². The quantitative estimate of drug-likeness (QED) is 0.255. The van der Waals surface area contributed by atoms with E-state index in [-0.39, 0.29) is 0 Å². The van der Waals surface area contributed by atoms with E-state index in [0.717, 1.165) is 12.0 Å². The van der Waals surface area contributed by atoms with Gasteiger partial charge in [-0.05, 0) is 17.8 Å². The predicted molar refractivity (Wildman–Crippen MR) is 103 cm³/mol. The van der Waals surface area contributed by atoms with Gasteiger partial charge in [-0.25, -0.2) is 0 Å². The van der Waals surface area contributed by atoms with Crippen molar-refractivity contribution in [2.24, 2.45) is 0 Å². The Bertz CT molecular complexity index is 339. The number of hydrogen-bond acceptors (Lipinski definition) is 2. The second kappa shape index (κ2) is 12.7. The second-order valence-corrected chi connectivity index (χ2v) is 4.43. The monoisotopic (exact) mass is 264 g/mol. The minimum atomic E-state index is 0.306. The zero-order valence-corrected chi connectivity index (χ0v) is 12.3. The third-order valence-electron chi connectivity index (χ3n) is 2.45. The van der Waals surface area contributed by atoms with Crippen molar-refractivity contribution in [1.82, 2.24) is 0 Å². The van der Waals surface area contributed by atoms with Gasteiger partial charge in [-0.15, -0.1) is 0 Å². The Morgan fingerprint density at radius 2 is 1.25 bits per heavy atom. The fourth-order valence-corrected chi connectivity index (χ4v) is 1.56. The van der Waals surface area contributed by atoms with Crippen molar-refractivity contribution in [1.29, 1.82) is 0 Å². The van der Waals surface area contributed by atoms with Crippen molar-refractivity contribution in [2.75, 3.05) is 5.65 Å². The maximum atomic E-state index is 9.17. The summed E-state index contributed by atoms with van der Waals surface area (Å²) in [5, 5.41) is 9.17. The normalized spacial score (nSPS) is 8.85. The smallest absolute Gasteiger partial charge is 0.115 e. The summed E-state index contributed by atoms with van der Waals surface area (Å²) in [5.74, 6) is 0.306. The molecule has 0 spiro atoms. The highest BCUT2D eigenvalue weighted by Gasteiger charge is 1.99. The lowest BCUT2D eigenvalue weighted by atomic mass is 8.88. The molecular weight excluding hydrogens is 252 g/mol. The zero-order valence-electron chi connectivity index (χ0n) is 11.4. The number of phenolic OH excluding ortho intramolecular Hbond substituents is 1. The van der Waals surface area contributed by atoms with Crippen molar-refractivity contribution in [3.05, 3.63) is 29.8 Å². The molecule has 1 rings (SSSR count). The third kappa shape index (κ3) is 9.85. The van der Waals surface area contributed by atoms with Crippen LogP contribution < -0.4 is 0 Å². The first-order valence-electron chi connectivity index (χ1n) is 6.53. The van der Waals surface area contributed by atoms with Crippen LogP contribution in [-0.4, -0.2) is 81.6 Å². The standard InChI is InChI=1S/C8H10B10OS/c19-8-3-1-7(2-4-8)5-9-11-13-15-17-18-16-14-12-10-6-20/h1-4,19-20H,5-6H2. The molecule has 0 aliphatic rings. The summed E-state index contributed by atoms with van der Waals surface area (Å²) in [5.41, 5.74) is 1.95. The van der Waals surface area contributed by atoms with Crippen LogP contribution in [0.15, 0.2) is 24.3 Å². The van der Waals surface area contributed by atoms with Crippen molar-refractivity contribution in [3.8, 4) is 5.75 Å². The van der Waals surface area contributed by atoms with Gasteiger partial charge in [0.2, 0.25) is 0 Å². The lowest BCUT2D eigenvalue weighted by molar-refractivity contribution is 0.475. The average molecular weight is 262 g/mol. The molecule has 0 aliphatic carbocycles. The minimum absolute atomic E-state index is 0.306. The highest BCUT2D eigenvalue weighted by atomic mass is 32.1. The Morgan fingerprint density at radius 3 is 1.80 bits per heavy atom. The van der Waals surface area contributed by atoms with Crippen LogP contribution in [0.1, 0.15) is 5.56 Å². The van der Waals surface area contributed by atoms with E-state index in [9.17, 15) is 0 Å². The van der Waals surface area contributed by atoms with Gasteiger partial charge in [-0.1, -0.05) is 24.0 Å². The first-order chi connectivity index (χ1) is 9.83.